The molecule has 0 saturated carbocycles. The first kappa shape index (κ1) is 20.3. The highest BCUT2D eigenvalue weighted by Gasteiger charge is 2.30. The number of fused-ring (bicyclic) bond motifs is 1. The van der Waals surface area contributed by atoms with Crippen molar-refractivity contribution < 1.29 is 14.5 Å². The van der Waals surface area contributed by atoms with Crippen molar-refractivity contribution in [2.45, 2.75) is 19.8 Å². The number of nitrogens with zero attached hydrogens (tertiary/aromatic N) is 4. The van der Waals surface area contributed by atoms with E-state index in [9.17, 15) is 14.9 Å². The predicted octanol–water partition coefficient (Wildman–Crippen LogP) is 4.39. The second-order valence-corrected chi connectivity index (χ2v) is 6.96. The molecule has 3 aromatic rings. The van der Waals surface area contributed by atoms with Gasteiger partial charge in [0.1, 0.15) is 6.33 Å². The SMILES string of the molecule is CCOC(=O)c1ccc(Nc2ncnc(N3CCCc4ccccc43)c2[N+](=O)[O-])cc1. The molecule has 0 atom stereocenters. The molecule has 1 aromatic heterocycles. The van der Waals surface area contributed by atoms with Gasteiger partial charge in [-0.3, -0.25) is 10.1 Å². The molecule has 1 aliphatic rings. The molecule has 0 amide bonds. The van der Waals surface area contributed by atoms with E-state index < -0.39 is 10.9 Å². The molecule has 0 saturated heterocycles. The van der Waals surface area contributed by atoms with Crippen LogP contribution in [0.5, 0.6) is 0 Å². The molecule has 158 valence electrons. The first-order valence-corrected chi connectivity index (χ1v) is 9.97. The maximum Gasteiger partial charge on any atom is 0.354 e. The van der Waals surface area contributed by atoms with Gasteiger partial charge in [0.05, 0.1) is 17.1 Å². The number of carbonyl (C=O) groups is 1. The van der Waals surface area contributed by atoms with E-state index in [1.54, 1.807) is 31.2 Å². The molecule has 31 heavy (non-hydrogen) atoms. The Labute approximate surface area is 178 Å². The highest BCUT2D eigenvalue weighted by atomic mass is 16.6. The van der Waals surface area contributed by atoms with Crippen molar-refractivity contribution in [1.29, 1.82) is 0 Å². The van der Waals surface area contributed by atoms with E-state index in [2.05, 4.69) is 15.3 Å². The van der Waals surface area contributed by atoms with E-state index in [-0.39, 0.29) is 23.9 Å². The Hall–Kier alpha value is -4.01. The summed E-state index contributed by atoms with van der Waals surface area (Å²) >= 11 is 0. The summed E-state index contributed by atoms with van der Waals surface area (Å²) < 4.78 is 4.97. The molecule has 4 rings (SSSR count). The summed E-state index contributed by atoms with van der Waals surface area (Å²) in [6.07, 6.45) is 3.11. The van der Waals surface area contributed by atoms with Crippen molar-refractivity contribution >= 4 is 34.7 Å². The third-order valence-corrected chi connectivity index (χ3v) is 5.01. The molecule has 2 heterocycles. The standard InChI is InChI=1S/C22H21N5O4/c1-2-31-22(28)16-9-11-17(12-10-16)25-20-19(27(29)30)21(24-14-23-20)26-13-5-7-15-6-3-4-8-18(15)26/h3-4,6,8-12,14H,2,5,7,13H2,1H3,(H,23,24,25). The Morgan fingerprint density at radius 3 is 2.71 bits per heavy atom. The number of anilines is 4. The van der Waals surface area contributed by atoms with Gasteiger partial charge in [-0.05, 0) is 55.7 Å². The van der Waals surface area contributed by atoms with Crippen LogP contribution >= 0.6 is 0 Å². The number of carbonyl (C=O) groups excluding carboxylic acids is 1. The van der Waals surface area contributed by atoms with E-state index in [1.807, 2.05) is 29.2 Å². The highest BCUT2D eigenvalue weighted by Crippen LogP contribution is 2.40. The molecular weight excluding hydrogens is 398 g/mol. The normalized spacial score (nSPS) is 12.7. The van der Waals surface area contributed by atoms with Gasteiger partial charge in [0.15, 0.2) is 0 Å². The van der Waals surface area contributed by atoms with Crippen molar-refractivity contribution in [2.24, 2.45) is 0 Å². The molecule has 9 heteroatoms. The van der Waals surface area contributed by atoms with Crippen molar-refractivity contribution in [1.82, 2.24) is 9.97 Å². The lowest BCUT2D eigenvalue weighted by molar-refractivity contribution is -0.383. The number of nitrogens with one attached hydrogen (secondary N) is 1. The van der Waals surface area contributed by atoms with Crippen LogP contribution in [0, 0.1) is 10.1 Å². The van der Waals surface area contributed by atoms with Crippen LogP contribution in [0.15, 0.2) is 54.9 Å². The second-order valence-electron chi connectivity index (χ2n) is 6.96. The number of para-hydroxylation sites is 1. The van der Waals surface area contributed by atoms with Crippen LogP contribution in [0.4, 0.5) is 28.7 Å². The lowest BCUT2D eigenvalue weighted by Gasteiger charge is -2.30. The minimum atomic E-state index is -0.470. The fraction of sp³-hybridized carbons (Fsp3) is 0.227. The molecule has 1 aliphatic heterocycles. The average Bonchev–Trinajstić information content (AvgIpc) is 2.79. The van der Waals surface area contributed by atoms with E-state index in [4.69, 9.17) is 4.74 Å². The summed E-state index contributed by atoms with van der Waals surface area (Å²) in [5.41, 5.74) is 2.80. The summed E-state index contributed by atoms with van der Waals surface area (Å²) in [6.45, 7) is 2.65. The second kappa shape index (κ2) is 8.78. The van der Waals surface area contributed by atoms with Crippen LogP contribution in [-0.4, -0.2) is 34.0 Å². The molecule has 0 unspecified atom stereocenters. The van der Waals surface area contributed by atoms with Gasteiger partial charge in [-0.1, -0.05) is 18.2 Å². The van der Waals surface area contributed by atoms with Crippen LogP contribution in [0.3, 0.4) is 0 Å². The minimum Gasteiger partial charge on any atom is -0.462 e. The van der Waals surface area contributed by atoms with Gasteiger partial charge >= 0.3 is 11.7 Å². The van der Waals surface area contributed by atoms with Crippen LogP contribution in [0.2, 0.25) is 0 Å². The number of ether oxygens (including phenoxy) is 1. The van der Waals surface area contributed by atoms with Crippen molar-refractivity contribution in [3.8, 4) is 0 Å². The Morgan fingerprint density at radius 2 is 1.97 bits per heavy atom. The zero-order chi connectivity index (χ0) is 21.8. The van der Waals surface area contributed by atoms with Crippen molar-refractivity contribution in [3.05, 3.63) is 76.1 Å². The molecule has 0 radical (unpaired) electrons. The number of esters is 1. The number of aryl methyl sites for hydroxylation is 1. The summed E-state index contributed by atoms with van der Waals surface area (Å²) in [7, 11) is 0. The average molecular weight is 419 g/mol. The summed E-state index contributed by atoms with van der Waals surface area (Å²) in [4.78, 5) is 33.6. The Bertz CT molecular complexity index is 1120. The van der Waals surface area contributed by atoms with Crippen molar-refractivity contribution in [2.75, 3.05) is 23.4 Å². The number of rotatable bonds is 6. The first-order chi connectivity index (χ1) is 15.1. The van der Waals surface area contributed by atoms with Gasteiger partial charge in [0.25, 0.3) is 0 Å². The van der Waals surface area contributed by atoms with E-state index in [0.29, 0.717) is 17.8 Å². The third-order valence-electron chi connectivity index (χ3n) is 5.01. The summed E-state index contributed by atoms with van der Waals surface area (Å²) in [5.74, 6) is -0.0900. The minimum absolute atomic E-state index is 0.0851. The van der Waals surface area contributed by atoms with Crippen LogP contribution < -0.4 is 10.2 Å². The monoisotopic (exact) mass is 419 g/mol. The third kappa shape index (κ3) is 4.16. The summed E-state index contributed by atoms with van der Waals surface area (Å²) in [6, 6.07) is 14.3. The van der Waals surface area contributed by atoms with E-state index in [0.717, 1.165) is 24.1 Å². The lowest BCUT2D eigenvalue weighted by atomic mass is 10.0. The molecule has 9 nitrogen and oxygen atoms in total. The molecule has 0 aliphatic carbocycles. The van der Waals surface area contributed by atoms with Crippen molar-refractivity contribution in [3.63, 3.8) is 0 Å². The molecule has 0 fully saturated rings. The van der Waals surface area contributed by atoms with Gasteiger partial charge in [-0.15, -0.1) is 0 Å². The number of benzene rings is 2. The molecular formula is C22H21N5O4. The highest BCUT2D eigenvalue weighted by molar-refractivity contribution is 5.90. The summed E-state index contributed by atoms with van der Waals surface area (Å²) in [5, 5.41) is 15.0. The number of aromatic nitrogens is 2. The Kier molecular flexibility index (Phi) is 5.74. The smallest absolute Gasteiger partial charge is 0.354 e. The van der Waals surface area contributed by atoms with Gasteiger partial charge < -0.3 is 15.0 Å². The molecule has 0 bridgehead atoms. The van der Waals surface area contributed by atoms with Crippen LogP contribution in [-0.2, 0) is 11.2 Å². The molecule has 0 spiro atoms. The van der Waals surface area contributed by atoms with E-state index >= 15 is 0 Å². The Morgan fingerprint density at radius 1 is 1.19 bits per heavy atom. The van der Waals surface area contributed by atoms with Gasteiger partial charge in [0.2, 0.25) is 11.6 Å². The topological polar surface area (TPSA) is 110 Å². The van der Waals surface area contributed by atoms with Crippen LogP contribution in [0.25, 0.3) is 0 Å². The fourth-order valence-corrected chi connectivity index (χ4v) is 3.62. The molecule has 1 N–H and O–H groups in total. The maximum absolute atomic E-state index is 12.0. The van der Waals surface area contributed by atoms with Gasteiger partial charge in [-0.25, -0.2) is 14.8 Å². The predicted molar refractivity (Wildman–Crippen MR) is 116 cm³/mol. The number of hydrogen-bond acceptors (Lipinski definition) is 8. The zero-order valence-electron chi connectivity index (χ0n) is 16.9. The fourth-order valence-electron chi connectivity index (χ4n) is 3.62. The maximum atomic E-state index is 12.0. The number of hydrogen-bond donors (Lipinski definition) is 1. The Balaban J connectivity index is 1.68. The van der Waals surface area contributed by atoms with Gasteiger partial charge in [-0.2, -0.15) is 0 Å². The number of nitro groups is 1. The first-order valence-electron chi connectivity index (χ1n) is 9.97. The zero-order valence-corrected chi connectivity index (χ0v) is 16.9. The van der Waals surface area contributed by atoms with Gasteiger partial charge in [0, 0.05) is 17.9 Å². The quantitative estimate of drug-likeness (QED) is 0.356. The van der Waals surface area contributed by atoms with E-state index in [1.165, 1.54) is 6.33 Å². The lowest BCUT2D eigenvalue weighted by Crippen LogP contribution is -2.26. The largest absolute Gasteiger partial charge is 0.462 e. The molecule has 2 aromatic carbocycles. The van der Waals surface area contributed by atoms with Crippen LogP contribution in [0.1, 0.15) is 29.3 Å².